The van der Waals surface area contributed by atoms with Crippen molar-refractivity contribution < 1.29 is 9.53 Å². The van der Waals surface area contributed by atoms with Crippen LogP contribution in [0, 0.1) is 0 Å². The Labute approximate surface area is 124 Å². The van der Waals surface area contributed by atoms with Crippen molar-refractivity contribution in [1.29, 1.82) is 0 Å². The number of nitrogens with zero attached hydrogens (tertiary/aromatic N) is 2. The second-order valence-corrected chi connectivity index (χ2v) is 4.78. The summed E-state index contributed by atoms with van der Waals surface area (Å²) in [7, 11) is 0. The number of hydrogen-bond donors (Lipinski definition) is 1. The van der Waals surface area contributed by atoms with Gasteiger partial charge in [0.05, 0.1) is 6.61 Å². The lowest BCUT2D eigenvalue weighted by Crippen LogP contribution is -2.12. The van der Waals surface area contributed by atoms with E-state index in [9.17, 15) is 4.79 Å². The summed E-state index contributed by atoms with van der Waals surface area (Å²) in [4.78, 5) is 12.4. The van der Waals surface area contributed by atoms with Gasteiger partial charge in [-0.25, -0.2) is 0 Å². The molecule has 0 atom stereocenters. The monoisotopic (exact) mass is 287 g/mol. The number of carbonyl (C=O) groups excluding carboxylic acids is 1. The highest BCUT2D eigenvalue weighted by molar-refractivity contribution is 6.05. The molecule has 2 rings (SSSR count). The van der Waals surface area contributed by atoms with Crippen LogP contribution >= 0.6 is 0 Å². The summed E-state index contributed by atoms with van der Waals surface area (Å²) in [5.41, 5.74) is 1.23. The van der Waals surface area contributed by atoms with Crippen LogP contribution in [0.1, 0.15) is 37.0 Å². The maximum absolute atomic E-state index is 12.4. The number of anilines is 1. The molecule has 0 saturated heterocycles. The predicted octanol–water partition coefficient (Wildman–Crippen LogP) is 3.33. The lowest BCUT2D eigenvalue weighted by atomic mass is 10.2. The minimum Gasteiger partial charge on any atom is -0.476 e. The lowest BCUT2D eigenvalue weighted by molar-refractivity contribution is 0.102. The molecule has 21 heavy (non-hydrogen) atoms. The third-order valence-electron chi connectivity index (χ3n) is 2.90. The maximum atomic E-state index is 12.4. The second-order valence-electron chi connectivity index (χ2n) is 4.78. The molecule has 0 bridgehead atoms. The van der Waals surface area contributed by atoms with Crippen molar-refractivity contribution in [3.63, 3.8) is 0 Å². The maximum Gasteiger partial charge on any atom is 0.262 e. The Morgan fingerprint density at radius 3 is 2.67 bits per heavy atom. The molecule has 0 aliphatic carbocycles. The average Bonchev–Trinajstić information content (AvgIpc) is 2.89. The number of carbonyl (C=O) groups is 1. The van der Waals surface area contributed by atoms with Crippen LogP contribution in [0.3, 0.4) is 0 Å². The summed E-state index contributed by atoms with van der Waals surface area (Å²) >= 11 is 0. The van der Waals surface area contributed by atoms with E-state index in [4.69, 9.17) is 4.74 Å². The Kier molecular flexibility index (Phi) is 5.37. The van der Waals surface area contributed by atoms with Gasteiger partial charge in [-0.2, -0.15) is 0 Å². The smallest absolute Gasteiger partial charge is 0.262 e. The van der Waals surface area contributed by atoms with Crippen LogP contribution in [0.15, 0.2) is 36.5 Å². The molecule has 0 spiro atoms. The number of aromatic nitrogens is 2. The van der Waals surface area contributed by atoms with Gasteiger partial charge in [0.1, 0.15) is 5.56 Å². The Hall–Kier alpha value is -2.30. The van der Waals surface area contributed by atoms with E-state index >= 15 is 0 Å². The molecule has 2 aromatic rings. The van der Waals surface area contributed by atoms with Crippen molar-refractivity contribution in [2.24, 2.45) is 0 Å². The van der Waals surface area contributed by atoms with E-state index in [1.54, 1.807) is 10.9 Å². The van der Waals surface area contributed by atoms with Gasteiger partial charge in [0.15, 0.2) is 0 Å². The van der Waals surface area contributed by atoms with Crippen molar-refractivity contribution in [3.05, 3.63) is 42.1 Å². The van der Waals surface area contributed by atoms with Gasteiger partial charge in [-0.05, 0) is 25.0 Å². The van der Waals surface area contributed by atoms with E-state index in [1.807, 2.05) is 37.3 Å². The highest BCUT2D eigenvalue weighted by Crippen LogP contribution is 2.18. The third-order valence-corrected chi connectivity index (χ3v) is 2.90. The standard InChI is InChI=1S/C16H21N3O2/c1-3-10-19-12-14(16(18-19)21-11-4-2)15(20)17-13-8-6-5-7-9-13/h5-9,12H,3-4,10-11H2,1-2H3,(H,17,20). The minimum absolute atomic E-state index is 0.199. The van der Waals surface area contributed by atoms with Crippen LogP contribution in [0.2, 0.25) is 0 Å². The topological polar surface area (TPSA) is 56.2 Å². The van der Waals surface area contributed by atoms with Gasteiger partial charge in [-0.15, -0.1) is 5.10 Å². The highest BCUT2D eigenvalue weighted by Gasteiger charge is 2.17. The zero-order valence-electron chi connectivity index (χ0n) is 12.5. The summed E-state index contributed by atoms with van der Waals surface area (Å²) in [6, 6.07) is 9.36. The van der Waals surface area contributed by atoms with Crippen molar-refractivity contribution in [3.8, 4) is 5.88 Å². The molecule has 0 unspecified atom stereocenters. The Morgan fingerprint density at radius 1 is 1.24 bits per heavy atom. The third kappa shape index (κ3) is 4.08. The Balaban J connectivity index is 2.17. The minimum atomic E-state index is -0.199. The van der Waals surface area contributed by atoms with E-state index in [0.29, 0.717) is 18.1 Å². The highest BCUT2D eigenvalue weighted by atomic mass is 16.5. The Morgan fingerprint density at radius 2 is 2.00 bits per heavy atom. The summed E-state index contributed by atoms with van der Waals surface area (Å²) in [5, 5.41) is 7.19. The number of benzene rings is 1. The lowest BCUT2D eigenvalue weighted by Gasteiger charge is -2.05. The van der Waals surface area contributed by atoms with Crippen LogP contribution in [0.4, 0.5) is 5.69 Å². The average molecular weight is 287 g/mol. The van der Waals surface area contributed by atoms with E-state index in [1.165, 1.54) is 0 Å². The first-order valence-electron chi connectivity index (χ1n) is 7.31. The molecule has 112 valence electrons. The molecule has 0 aliphatic heterocycles. The SMILES string of the molecule is CCCOc1nn(CCC)cc1C(=O)Nc1ccccc1. The van der Waals surface area contributed by atoms with Crippen molar-refractivity contribution in [2.45, 2.75) is 33.2 Å². The number of hydrogen-bond acceptors (Lipinski definition) is 3. The fourth-order valence-corrected chi connectivity index (χ4v) is 1.93. The number of rotatable bonds is 7. The molecular formula is C16H21N3O2. The number of amides is 1. The van der Waals surface area contributed by atoms with Crippen molar-refractivity contribution in [1.82, 2.24) is 9.78 Å². The van der Waals surface area contributed by atoms with E-state index in [0.717, 1.165) is 25.1 Å². The van der Waals surface area contributed by atoms with E-state index in [-0.39, 0.29) is 5.91 Å². The number of nitrogens with one attached hydrogen (secondary N) is 1. The largest absolute Gasteiger partial charge is 0.476 e. The fourth-order valence-electron chi connectivity index (χ4n) is 1.93. The summed E-state index contributed by atoms with van der Waals surface area (Å²) in [5.74, 6) is 0.202. The van der Waals surface area contributed by atoms with Crippen molar-refractivity contribution in [2.75, 3.05) is 11.9 Å². The number of para-hydroxylation sites is 1. The summed E-state index contributed by atoms with van der Waals surface area (Å²) in [6.45, 7) is 5.40. The molecule has 1 amide bonds. The van der Waals surface area contributed by atoms with E-state index in [2.05, 4.69) is 17.3 Å². The Bertz CT molecular complexity index is 578. The normalized spacial score (nSPS) is 10.4. The molecule has 5 heteroatoms. The summed E-state index contributed by atoms with van der Waals surface area (Å²) < 4.78 is 7.33. The predicted molar refractivity (Wildman–Crippen MR) is 82.7 cm³/mol. The van der Waals surface area contributed by atoms with Crippen LogP contribution < -0.4 is 10.1 Å². The van der Waals surface area contributed by atoms with Crippen LogP contribution in [-0.2, 0) is 6.54 Å². The van der Waals surface area contributed by atoms with Crippen LogP contribution in [0.5, 0.6) is 5.88 Å². The molecule has 5 nitrogen and oxygen atoms in total. The second kappa shape index (κ2) is 7.47. The van der Waals surface area contributed by atoms with Gasteiger partial charge in [-0.1, -0.05) is 32.0 Å². The van der Waals surface area contributed by atoms with E-state index < -0.39 is 0 Å². The van der Waals surface area contributed by atoms with Gasteiger partial charge < -0.3 is 10.1 Å². The van der Waals surface area contributed by atoms with Gasteiger partial charge in [0.2, 0.25) is 5.88 Å². The van der Waals surface area contributed by atoms with Crippen LogP contribution in [0.25, 0.3) is 0 Å². The van der Waals surface area contributed by atoms with Crippen LogP contribution in [-0.4, -0.2) is 22.3 Å². The molecular weight excluding hydrogens is 266 g/mol. The van der Waals surface area contributed by atoms with Gasteiger partial charge in [-0.3, -0.25) is 9.48 Å². The number of aryl methyl sites for hydroxylation is 1. The zero-order valence-corrected chi connectivity index (χ0v) is 12.5. The molecule has 0 aliphatic rings. The first-order chi connectivity index (χ1) is 10.2. The summed E-state index contributed by atoms with van der Waals surface area (Å²) in [6.07, 6.45) is 3.57. The van der Waals surface area contributed by atoms with Gasteiger partial charge in [0, 0.05) is 18.4 Å². The quantitative estimate of drug-likeness (QED) is 0.849. The van der Waals surface area contributed by atoms with Gasteiger partial charge >= 0.3 is 0 Å². The van der Waals surface area contributed by atoms with Gasteiger partial charge in [0.25, 0.3) is 5.91 Å². The molecule has 0 fully saturated rings. The fraction of sp³-hybridized carbons (Fsp3) is 0.375. The molecule has 1 heterocycles. The first-order valence-corrected chi connectivity index (χ1v) is 7.31. The number of ether oxygens (including phenoxy) is 1. The molecule has 1 N–H and O–H groups in total. The molecule has 0 saturated carbocycles. The van der Waals surface area contributed by atoms with Crippen molar-refractivity contribution >= 4 is 11.6 Å². The molecule has 0 radical (unpaired) electrons. The first kappa shape index (κ1) is 15.1. The zero-order chi connectivity index (χ0) is 15.1. The molecule has 1 aromatic carbocycles. The molecule has 1 aromatic heterocycles.